The van der Waals surface area contributed by atoms with Gasteiger partial charge in [0.1, 0.15) is 0 Å². The molecule has 1 rings (SSSR count). The van der Waals surface area contributed by atoms with Crippen LogP contribution in [0.25, 0.3) is 0 Å². The molecule has 0 unspecified atom stereocenters. The molecule has 24 heavy (non-hydrogen) atoms. The van der Waals surface area contributed by atoms with Crippen LogP contribution in [0.15, 0.2) is 24.3 Å². The monoisotopic (exact) mass is 427 g/mol. The fourth-order valence-corrected chi connectivity index (χ4v) is 0.687. The van der Waals surface area contributed by atoms with Gasteiger partial charge in [-0.3, -0.25) is 0 Å². The Bertz CT molecular complexity index is 353. The van der Waals surface area contributed by atoms with Gasteiger partial charge in [0.25, 0.3) is 0 Å². The summed E-state index contributed by atoms with van der Waals surface area (Å²) in [5.41, 5.74) is 1.13. The van der Waals surface area contributed by atoms with E-state index in [1.54, 1.807) is 0 Å². The Labute approximate surface area is 177 Å². The van der Waals surface area contributed by atoms with E-state index >= 15 is 0 Å². The molecule has 140 valence electrons. The quantitative estimate of drug-likeness (QED) is 0.358. The molecule has 0 aliphatic rings. The van der Waals surface area contributed by atoms with Crippen molar-refractivity contribution in [2.24, 2.45) is 0 Å². The van der Waals surface area contributed by atoms with Gasteiger partial charge in [-0.25, -0.2) is 0 Å². The van der Waals surface area contributed by atoms with Gasteiger partial charge < -0.3 is 51.8 Å². The molecule has 0 saturated carbocycles. The molecule has 0 radical (unpaired) electrons. The average molecular weight is 427 g/mol. The van der Waals surface area contributed by atoms with Crippen molar-refractivity contribution in [3.05, 3.63) is 34.9 Å². The Morgan fingerprint density at radius 2 is 0.833 bits per heavy atom. The zero-order valence-electron chi connectivity index (χ0n) is 11.0. The maximum absolute atomic E-state index is 9.75. The summed E-state index contributed by atoms with van der Waals surface area (Å²) in [6.07, 6.45) is 0. The Morgan fingerprint density at radius 3 is 0.958 bits per heavy atom. The molecule has 0 aromatic heterocycles. The van der Waals surface area contributed by atoms with Crippen LogP contribution in [-0.4, -0.2) is 73.1 Å². The SMILES string of the molecule is Cc1ccccc1Cl.F[B-](F)(F)F.F[B-](F)(F)F.F[B-](F)(F)F.[KH]. The second kappa shape index (κ2) is 14.6. The number of hydrogen-bond acceptors (Lipinski definition) is 0. The van der Waals surface area contributed by atoms with Crippen molar-refractivity contribution in [3.63, 3.8) is 0 Å². The summed E-state index contributed by atoms with van der Waals surface area (Å²) in [4.78, 5) is 0. The molecule has 0 amide bonds. The zero-order chi connectivity index (χ0) is 19.5. The van der Waals surface area contributed by atoms with Gasteiger partial charge >= 0.3 is 73.1 Å². The van der Waals surface area contributed by atoms with Crippen LogP contribution in [0, 0.1) is 6.92 Å². The van der Waals surface area contributed by atoms with Gasteiger partial charge in [-0.1, -0.05) is 29.8 Å². The van der Waals surface area contributed by atoms with Crippen molar-refractivity contribution in [1.82, 2.24) is 0 Å². The third kappa shape index (κ3) is 78.6. The van der Waals surface area contributed by atoms with E-state index in [9.17, 15) is 51.8 Å². The molecule has 0 spiro atoms. The van der Waals surface area contributed by atoms with Gasteiger partial charge in [0.2, 0.25) is 0 Å². The van der Waals surface area contributed by atoms with E-state index in [-0.39, 0.29) is 51.4 Å². The van der Waals surface area contributed by atoms with Crippen LogP contribution >= 0.6 is 11.6 Å². The van der Waals surface area contributed by atoms with Crippen LogP contribution in [0.5, 0.6) is 0 Å². The Morgan fingerprint density at radius 1 is 0.625 bits per heavy atom. The van der Waals surface area contributed by atoms with Crippen molar-refractivity contribution in [2.75, 3.05) is 0 Å². The Hall–Kier alpha value is 0.501. The number of halogens is 13. The molecule has 0 N–H and O–H groups in total. The van der Waals surface area contributed by atoms with E-state index in [0.29, 0.717) is 0 Å². The van der Waals surface area contributed by atoms with Crippen LogP contribution in [0.4, 0.5) is 51.8 Å². The molecule has 0 nitrogen and oxygen atoms in total. The van der Waals surface area contributed by atoms with Gasteiger partial charge in [0.15, 0.2) is 0 Å². The normalized spacial score (nSPS) is 10.6. The van der Waals surface area contributed by atoms with E-state index in [2.05, 4.69) is 0 Å². The number of aryl methyl sites for hydroxylation is 1. The van der Waals surface area contributed by atoms with Crippen LogP contribution in [0.2, 0.25) is 5.02 Å². The first-order chi connectivity index (χ1) is 9.80. The third-order valence-electron chi connectivity index (χ3n) is 1.08. The molecule has 1 aromatic rings. The fourth-order valence-electron chi connectivity index (χ4n) is 0.551. The Balaban J connectivity index is -0.000000113. The van der Waals surface area contributed by atoms with Gasteiger partial charge in [-0.05, 0) is 18.6 Å². The third-order valence-corrected chi connectivity index (χ3v) is 1.50. The van der Waals surface area contributed by atoms with Crippen LogP contribution in [-0.2, 0) is 0 Å². The molecule has 0 aliphatic carbocycles. The van der Waals surface area contributed by atoms with Gasteiger partial charge in [0.05, 0.1) is 0 Å². The number of rotatable bonds is 0. The van der Waals surface area contributed by atoms with Crippen molar-refractivity contribution in [3.8, 4) is 0 Å². The van der Waals surface area contributed by atoms with Crippen molar-refractivity contribution in [2.45, 2.75) is 6.92 Å². The zero-order valence-corrected chi connectivity index (χ0v) is 11.7. The van der Waals surface area contributed by atoms with E-state index in [0.717, 1.165) is 10.6 Å². The minimum absolute atomic E-state index is 0. The molecule has 0 fully saturated rings. The summed E-state index contributed by atoms with van der Waals surface area (Å²) in [5, 5.41) is 0.840. The van der Waals surface area contributed by atoms with Crippen molar-refractivity contribution in [1.29, 1.82) is 0 Å². The van der Waals surface area contributed by atoms with Crippen LogP contribution < -0.4 is 0 Å². The van der Waals surface area contributed by atoms with E-state index < -0.39 is 21.8 Å². The van der Waals surface area contributed by atoms with Crippen LogP contribution in [0.3, 0.4) is 0 Å². The first-order valence-electron chi connectivity index (χ1n) is 5.13. The van der Waals surface area contributed by atoms with Crippen molar-refractivity contribution >= 4 is 84.7 Å². The fraction of sp³-hybridized carbons (Fsp3) is 0.143. The van der Waals surface area contributed by atoms with Gasteiger partial charge in [0, 0.05) is 5.02 Å². The molecule has 0 saturated heterocycles. The molecule has 17 heteroatoms. The standard InChI is InChI=1S/C7H7Cl.3BF4.K.H/c1-6-4-2-3-5-7(6)8;3*2-1(3,4)5;;/h2-5H,1H3;;;;;/q;3*-1;;. The van der Waals surface area contributed by atoms with Crippen molar-refractivity contribution < 1.29 is 51.8 Å². The second-order valence-electron chi connectivity index (χ2n) is 3.23. The average Bonchev–Trinajstić information content (AvgIpc) is 2.14. The first kappa shape index (κ1) is 32.2. The summed E-state index contributed by atoms with van der Waals surface area (Å²) in [6, 6.07) is 7.77. The van der Waals surface area contributed by atoms with Crippen LogP contribution in [0.1, 0.15) is 5.56 Å². The number of hydrogen-bond donors (Lipinski definition) is 0. The molecular weight excluding hydrogens is 419 g/mol. The second-order valence-corrected chi connectivity index (χ2v) is 3.64. The number of benzene rings is 1. The summed E-state index contributed by atoms with van der Waals surface area (Å²) in [5.74, 6) is 0. The molecular formula is C7H8B3ClF12K-3. The maximum atomic E-state index is 9.75. The van der Waals surface area contributed by atoms with E-state index in [1.807, 2.05) is 31.2 Å². The first-order valence-corrected chi connectivity index (χ1v) is 5.51. The molecule has 1 aromatic carbocycles. The van der Waals surface area contributed by atoms with E-state index in [4.69, 9.17) is 11.6 Å². The summed E-state index contributed by atoms with van der Waals surface area (Å²) < 4.78 is 117. The van der Waals surface area contributed by atoms with Gasteiger partial charge in [-0.15, -0.1) is 0 Å². The predicted octanol–water partition coefficient (Wildman–Crippen LogP) is 5.90. The predicted molar refractivity (Wildman–Crippen MR) is 73.9 cm³/mol. The summed E-state index contributed by atoms with van der Waals surface area (Å²) >= 11 is 5.71. The molecule has 0 aliphatic heterocycles. The topological polar surface area (TPSA) is 0 Å². The molecule has 0 heterocycles. The summed E-state index contributed by atoms with van der Waals surface area (Å²) in [6.45, 7) is 1.99. The minimum atomic E-state index is -6.00. The Kier molecular flexibility index (Phi) is 19.7. The molecule has 0 bridgehead atoms. The van der Waals surface area contributed by atoms with E-state index in [1.165, 1.54) is 0 Å². The summed E-state index contributed by atoms with van der Waals surface area (Å²) in [7, 11) is -18.0. The molecule has 0 atom stereocenters. The van der Waals surface area contributed by atoms with Gasteiger partial charge in [-0.2, -0.15) is 0 Å².